The van der Waals surface area contributed by atoms with Crippen LogP contribution < -0.4 is 0 Å². The summed E-state index contributed by atoms with van der Waals surface area (Å²) in [4.78, 5) is 28.4. The number of hydrogen-bond donors (Lipinski definition) is 1. The van der Waals surface area contributed by atoms with Gasteiger partial charge in [0.05, 0.1) is 0 Å². The second kappa shape index (κ2) is 5.78. The fraction of sp³-hybridized carbons (Fsp3) is 0.267. The topological polar surface area (TPSA) is 83.6 Å². The van der Waals surface area contributed by atoms with Gasteiger partial charge in [0.25, 0.3) is 5.91 Å². The maximum atomic E-state index is 12.4. The van der Waals surface area contributed by atoms with Gasteiger partial charge in [-0.05, 0) is 13.8 Å². The highest BCUT2D eigenvalue weighted by Crippen LogP contribution is 2.24. The van der Waals surface area contributed by atoms with Gasteiger partial charge in [0.15, 0.2) is 17.8 Å². The second-order valence-corrected chi connectivity index (χ2v) is 4.83. The first-order chi connectivity index (χ1) is 9.91. The minimum atomic E-state index is -1.08. The van der Waals surface area contributed by atoms with Crippen molar-refractivity contribution in [3.63, 3.8) is 0 Å². The Balaban J connectivity index is 2.34. The number of carboxylic acid groups (broad SMARTS) is 1. The lowest BCUT2D eigenvalue weighted by Gasteiger charge is -2.20. The molecule has 0 aliphatic rings. The van der Waals surface area contributed by atoms with E-state index in [1.54, 1.807) is 0 Å². The number of hydrogen-bond acceptors (Lipinski definition) is 4. The molecule has 6 nitrogen and oxygen atoms in total. The van der Waals surface area contributed by atoms with Crippen molar-refractivity contribution < 1.29 is 19.1 Å². The highest BCUT2D eigenvalue weighted by molar-refractivity contribution is 5.99. The summed E-state index contributed by atoms with van der Waals surface area (Å²) in [5, 5.41) is 8.98. The van der Waals surface area contributed by atoms with Gasteiger partial charge in [-0.3, -0.25) is 4.79 Å². The summed E-state index contributed by atoms with van der Waals surface area (Å²) in [6.45, 7) is 3.39. The number of aromatic nitrogens is 1. The molecule has 1 N–H and O–H groups in total. The molecule has 1 aromatic carbocycles. The van der Waals surface area contributed by atoms with Gasteiger partial charge in [-0.25, -0.2) is 9.78 Å². The van der Waals surface area contributed by atoms with E-state index < -0.39 is 17.9 Å². The number of likely N-dealkylation sites (N-methyl/N-ethyl adjacent to an activating group) is 1. The predicted octanol–water partition coefficient (Wildman–Crippen LogP) is 2.20. The average Bonchev–Trinajstić information content (AvgIpc) is 2.95. The normalized spacial score (nSPS) is 12.0. The SMILES string of the molecule is Cc1ccc(-c2ocnc2C(=O)N(C)C(C)C(=O)O)cc1. The molecule has 0 saturated heterocycles. The number of oxazole rings is 1. The van der Waals surface area contributed by atoms with Crippen molar-refractivity contribution in [2.24, 2.45) is 0 Å². The molecule has 1 amide bonds. The minimum absolute atomic E-state index is 0.106. The molecule has 0 saturated carbocycles. The highest BCUT2D eigenvalue weighted by atomic mass is 16.4. The molecule has 0 aliphatic carbocycles. The number of carbonyl (C=O) groups excluding carboxylic acids is 1. The summed E-state index contributed by atoms with van der Waals surface area (Å²) < 4.78 is 5.30. The van der Waals surface area contributed by atoms with Crippen molar-refractivity contribution in [3.8, 4) is 11.3 Å². The van der Waals surface area contributed by atoms with Crippen LogP contribution in [0.2, 0.25) is 0 Å². The Kier molecular flexibility index (Phi) is 4.07. The number of amides is 1. The Morgan fingerprint density at radius 3 is 2.48 bits per heavy atom. The molecule has 0 bridgehead atoms. The summed E-state index contributed by atoms with van der Waals surface area (Å²) >= 11 is 0. The fourth-order valence-electron chi connectivity index (χ4n) is 1.82. The van der Waals surface area contributed by atoms with Gasteiger partial charge in [0.2, 0.25) is 0 Å². The van der Waals surface area contributed by atoms with E-state index in [9.17, 15) is 9.59 Å². The Bertz CT molecular complexity index is 661. The first-order valence-corrected chi connectivity index (χ1v) is 6.42. The van der Waals surface area contributed by atoms with Crippen molar-refractivity contribution in [1.29, 1.82) is 0 Å². The molecular formula is C15H16N2O4. The summed E-state index contributed by atoms with van der Waals surface area (Å²) in [6, 6.07) is 6.51. The summed E-state index contributed by atoms with van der Waals surface area (Å²) in [5.41, 5.74) is 1.91. The largest absolute Gasteiger partial charge is 0.480 e. The minimum Gasteiger partial charge on any atom is -0.480 e. The van der Waals surface area contributed by atoms with Crippen molar-refractivity contribution in [2.75, 3.05) is 7.05 Å². The molecule has 2 rings (SSSR count). The van der Waals surface area contributed by atoms with Gasteiger partial charge in [-0.15, -0.1) is 0 Å². The van der Waals surface area contributed by atoms with Crippen LogP contribution in [0.4, 0.5) is 0 Å². The molecular weight excluding hydrogens is 272 g/mol. The van der Waals surface area contributed by atoms with Gasteiger partial charge in [-0.2, -0.15) is 0 Å². The third-order valence-corrected chi connectivity index (χ3v) is 3.34. The molecule has 0 spiro atoms. The average molecular weight is 288 g/mol. The molecule has 2 aromatic rings. The van der Waals surface area contributed by atoms with E-state index in [1.807, 2.05) is 31.2 Å². The third-order valence-electron chi connectivity index (χ3n) is 3.34. The van der Waals surface area contributed by atoms with Crippen LogP contribution in [0.25, 0.3) is 11.3 Å². The van der Waals surface area contributed by atoms with E-state index in [0.717, 1.165) is 16.0 Å². The fourth-order valence-corrected chi connectivity index (χ4v) is 1.82. The number of nitrogens with zero attached hydrogens (tertiary/aromatic N) is 2. The van der Waals surface area contributed by atoms with Gasteiger partial charge in [0, 0.05) is 12.6 Å². The van der Waals surface area contributed by atoms with Gasteiger partial charge < -0.3 is 14.4 Å². The van der Waals surface area contributed by atoms with E-state index >= 15 is 0 Å². The molecule has 0 fully saturated rings. The molecule has 1 unspecified atom stereocenters. The van der Waals surface area contributed by atoms with Crippen LogP contribution in [0.5, 0.6) is 0 Å². The van der Waals surface area contributed by atoms with Crippen molar-refractivity contribution in [2.45, 2.75) is 19.9 Å². The van der Waals surface area contributed by atoms with Crippen LogP contribution in [0, 0.1) is 6.92 Å². The molecule has 6 heteroatoms. The van der Waals surface area contributed by atoms with Gasteiger partial charge in [0.1, 0.15) is 6.04 Å². The van der Waals surface area contributed by atoms with E-state index in [2.05, 4.69) is 4.98 Å². The number of benzene rings is 1. The zero-order chi connectivity index (χ0) is 15.6. The van der Waals surface area contributed by atoms with Crippen LogP contribution in [0.1, 0.15) is 23.0 Å². The lowest BCUT2D eigenvalue weighted by atomic mass is 10.1. The molecule has 0 radical (unpaired) electrons. The van der Waals surface area contributed by atoms with Gasteiger partial charge in [-0.1, -0.05) is 29.8 Å². The zero-order valence-electron chi connectivity index (χ0n) is 12.0. The number of aliphatic carboxylic acids is 1. The maximum absolute atomic E-state index is 12.4. The number of rotatable bonds is 4. The summed E-state index contributed by atoms with van der Waals surface area (Å²) in [6.07, 6.45) is 1.18. The number of carbonyl (C=O) groups is 2. The third kappa shape index (κ3) is 2.94. The Labute approximate surface area is 122 Å². The van der Waals surface area contributed by atoms with Crippen LogP contribution >= 0.6 is 0 Å². The lowest BCUT2D eigenvalue weighted by molar-refractivity contribution is -0.141. The Morgan fingerprint density at radius 1 is 1.29 bits per heavy atom. The first-order valence-electron chi connectivity index (χ1n) is 6.42. The number of aryl methyl sites for hydroxylation is 1. The van der Waals surface area contributed by atoms with Crippen LogP contribution in [0.3, 0.4) is 0 Å². The smallest absolute Gasteiger partial charge is 0.326 e. The molecule has 1 heterocycles. The van der Waals surface area contributed by atoms with Crippen LogP contribution in [-0.4, -0.2) is 40.0 Å². The second-order valence-electron chi connectivity index (χ2n) is 4.83. The van der Waals surface area contributed by atoms with E-state index in [1.165, 1.54) is 20.4 Å². The zero-order valence-corrected chi connectivity index (χ0v) is 12.0. The van der Waals surface area contributed by atoms with Crippen molar-refractivity contribution in [3.05, 3.63) is 41.9 Å². The Hall–Kier alpha value is -2.63. The Morgan fingerprint density at radius 2 is 1.90 bits per heavy atom. The monoisotopic (exact) mass is 288 g/mol. The highest BCUT2D eigenvalue weighted by Gasteiger charge is 2.27. The van der Waals surface area contributed by atoms with Gasteiger partial charge >= 0.3 is 5.97 Å². The van der Waals surface area contributed by atoms with E-state index in [-0.39, 0.29) is 5.69 Å². The van der Waals surface area contributed by atoms with E-state index in [0.29, 0.717) is 5.76 Å². The van der Waals surface area contributed by atoms with Crippen LogP contribution in [0.15, 0.2) is 35.1 Å². The molecule has 110 valence electrons. The standard InChI is InChI=1S/C15H16N2O4/c1-9-4-6-11(7-5-9)13-12(16-8-21-13)14(18)17(3)10(2)15(19)20/h4-8,10H,1-3H3,(H,19,20). The first kappa shape index (κ1) is 14.8. The van der Waals surface area contributed by atoms with E-state index in [4.69, 9.17) is 9.52 Å². The van der Waals surface area contributed by atoms with Crippen molar-refractivity contribution >= 4 is 11.9 Å². The maximum Gasteiger partial charge on any atom is 0.326 e. The lowest BCUT2D eigenvalue weighted by Crippen LogP contribution is -2.40. The van der Waals surface area contributed by atoms with Crippen LogP contribution in [-0.2, 0) is 4.79 Å². The molecule has 1 aromatic heterocycles. The quantitative estimate of drug-likeness (QED) is 0.932. The molecule has 1 atom stereocenters. The summed E-state index contributed by atoms with van der Waals surface area (Å²) in [7, 11) is 1.43. The molecule has 21 heavy (non-hydrogen) atoms. The molecule has 0 aliphatic heterocycles. The predicted molar refractivity (Wildman–Crippen MR) is 75.9 cm³/mol. The number of carboxylic acids is 1. The summed E-state index contributed by atoms with van der Waals surface area (Å²) in [5.74, 6) is -1.23. The van der Waals surface area contributed by atoms with Crippen molar-refractivity contribution in [1.82, 2.24) is 9.88 Å².